The molecule has 0 saturated carbocycles. The van der Waals surface area contributed by atoms with Gasteiger partial charge < -0.3 is 10.4 Å². The second kappa shape index (κ2) is 10.8. The van der Waals surface area contributed by atoms with Crippen LogP contribution in [-0.4, -0.2) is 22.2 Å². The van der Waals surface area contributed by atoms with Gasteiger partial charge in [0.05, 0.1) is 54.3 Å². The molecule has 5 aliphatic rings. The van der Waals surface area contributed by atoms with Gasteiger partial charge in [0.2, 0.25) is 0 Å². The van der Waals surface area contributed by atoms with Gasteiger partial charge in [0.25, 0.3) is 0 Å². The van der Waals surface area contributed by atoms with Gasteiger partial charge in [0.1, 0.15) is 5.76 Å². The average molecular weight is 721 g/mol. The summed E-state index contributed by atoms with van der Waals surface area (Å²) in [5.41, 5.74) is 14.3. The van der Waals surface area contributed by atoms with Gasteiger partial charge in [-0.1, -0.05) is 47.5 Å². The molecular formula is C38H32Br2N4O. The molecule has 0 spiro atoms. The average Bonchev–Trinajstić information content (AvgIpc) is 3.80. The van der Waals surface area contributed by atoms with Gasteiger partial charge in [0.15, 0.2) is 0 Å². The summed E-state index contributed by atoms with van der Waals surface area (Å²) in [5, 5.41) is 15.0. The molecule has 0 saturated heterocycles. The molecule has 7 heteroatoms. The molecule has 0 aromatic heterocycles. The second-order valence-corrected chi connectivity index (χ2v) is 14.1. The molecule has 0 atom stereocenters. The number of hydrogen-bond acceptors (Lipinski definition) is 5. The number of fused-ring (bicyclic) bond motifs is 5. The highest BCUT2D eigenvalue weighted by atomic mass is 79.9. The van der Waals surface area contributed by atoms with E-state index in [4.69, 9.17) is 15.0 Å². The largest absolute Gasteiger partial charge is 0.509 e. The van der Waals surface area contributed by atoms with Crippen LogP contribution >= 0.6 is 31.9 Å². The van der Waals surface area contributed by atoms with E-state index in [1.54, 1.807) is 0 Å². The zero-order valence-electron chi connectivity index (χ0n) is 26.0. The van der Waals surface area contributed by atoms with Crippen molar-refractivity contribution in [1.82, 2.24) is 5.32 Å². The van der Waals surface area contributed by atoms with Crippen LogP contribution in [0.5, 0.6) is 0 Å². The molecule has 0 radical (unpaired) electrons. The first kappa shape index (κ1) is 29.6. The Balaban J connectivity index is 1.58. The van der Waals surface area contributed by atoms with Crippen LogP contribution in [0.15, 0.2) is 131 Å². The molecule has 8 bridgehead atoms. The third kappa shape index (κ3) is 4.84. The SMILES string of the molecule is Cc1ccc(C2=C3C=CC(=N3)C(Br)=C3NC(=C(O)C3(C)C)C(Br)=C3C=CC(=N3)C(c3c(C)cc(C)cc3C)=C3C=CC2=N3)cc1. The zero-order chi connectivity index (χ0) is 31.8. The fraction of sp³-hybridized carbons (Fsp3) is 0.184. The number of aliphatic hydroxyl groups excluding tert-OH is 1. The summed E-state index contributed by atoms with van der Waals surface area (Å²) < 4.78 is 1.46. The van der Waals surface area contributed by atoms with Crippen molar-refractivity contribution >= 4 is 60.1 Å². The lowest BCUT2D eigenvalue weighted by molar-refractivity contribution is 0.301. The summed E-state index contributed by atoms with van der Waals surface area (Å²) in [4.78, 5) is 15.6. The van der Waals surface area contributed by atoms with Crippen LogP contribution in [0.3, 0.4) is 0 Å². The third-order valence-electron chi connectivity index (χ3n) is 8.80. The molecular weight excluding hydrogens is 688 g/mol. The predicted molar refractivity (Wildman–Crippen MR) is 194 cm³/mol. The minimum absolute atomic E-state index is 0.227. The summed E-state index contributed by atoms with van der Waals surface area (Å²) in [6.45, 7) is 12.5. The van der Waals surface area contributed by atoms with Crippen LogP contribution in [0.25, 0.3) is 11.1 Å². The minimum atomic E-state index is -0.700. The summed E-state index contributed by atoms with van der Waals surface area (Å²) in [5.74, 6) is 0.227. The number of aliphatic imine (C=N–C) groups is 3. The maximum absolute atomic E-state index is 11.5. The van der Waals surface area contributed by atoms with E-state index in [9.17, 15) is 5.11 Å². The maximum atomic E-state index is 11.5. The monoisotopic (exact) mass is 718 g/mol. The summed E-state index contributed by atoms with van der Waals surface area (Å²) in [6, 6.07) is 12.9. The molecule has 0 unspecified atom stereocenters. The topological polar surface area (TPSA) is 69.3 Å². The Kier molecular flexibility index (Phi) is 7.10. The van der Waals surface area contributed by atoms with Crippen molar-refractivity contribution in [3.8, 4) is 0 Å². The number of benzene rings is 2. The normalized spacial score (nSPS) is 20.1. The van der Waals surface area contributed by atoms with E-state index < -0.39 is 5.41 Å². The number of rotatable bonds is 2. The smallest absolute Gasteiger partial charge is 0.128 e. The van der Waals surface area contributed by atoms with Crippen molar-refractivity contribution in [2.24, 2.45) is 20.4 Å². The van der Waals surface area contributed by atoms with Crippen molar-refractivity contribution in [2.75, 3.05) is 0 Å². The van der Waals surface area contributed by atoms with Crippen molar-refractivity contribution in [1.29, 1.82) is 0 Å². The van der Waals surface area contributed by atoms with Crippen molar-refractivity contribution in [2.45, 2.75) is 41.5 Å². The van der Waals surface area contributed by atoms with Gasteiger partial charge in [-0.25, -0.2) is 15.0 Å². The lowest BCUT2D eigenvalue weighted by atomic mass is 9.88. The number of aryl methyl sites for hydroxylation is 4. The fourth-order valence-corrected chi connectivity index (χ4v) is 7.84. The summed E-state index contributed by atoms with van der Waals surface area (Å²) >= 11 is 7.63. The maximum Gasteiger partial charge on any atom is 0.128 e. The van der Waals surface area contributed by atoms with Gasteiger partial charge >= 0.3 is 0 Å². The molecule has 7 rings (SSSR count). The molecule has 2 aromatic carbocycles. The standard InChI is InChI=1S/C38H32Br2N4O/c1-19-7-9-23(10-8-19)31-24-11-12-26(41-24)32(30-21(3)17-20(2)18-22(30)4)27-14-15-28(43-27)33(39)35-37(45)38(5,6)36(44-35)34(40)29-16-13-25(31)42-29/h7-18,44-45H,1-6H3. The lowest BCUT2D eigenvalue weighted by Crippen LogP contribution is -2.21. The van der Waals surface area contributed by atoms with Gasteiger partial charge in [-0.05, 0) is 132 Å². The van der Waals surface area contributed by atoms with E-state index in [2.05, 4.69) is 113 Å². The summed E-state index contributed by atoms with van der Waals surface area (Å²) in [6.07, 6.45) is 12.3. The third-order valence-corrected chi connectivity index (χ3v) is 10.4. The van der Waals surface area contributed by atoms with Gasteiger partial charge in [0, 0.05) is 16.8 Å². The van der Waals surface area contributed by atoms with E-state index >= 15 is 0 Å². The minimum Gasteiger partial charge on any atom is -0.509 e. The molecule has 0 amide bonds. The van der Waals surface area contributed by atoms with Gasteiger partial charge in [-0.2, -0.15) is 0 Å². The molecule has 5 aliphatic heterocycles. The van der Waals surface area contributed by atoms with E-state index in [-0.39, 0.29) is 5.76 Å². The zero-order valence-corrected chi connectivity index (χ0v) is 29.1. The van der Waals surface area contributed by atoms with Gasteiger partial charge in [-0.3, -0.25) is 0 Å². The number of hydrogen-bond donors (Lipinski definition) is 2. The fourth-order valence-electron chi connectivity index (χ4n) is 6.51. The Morgan fingerprint density at radius 3 is 1.84 bits per heavy atom. The van der Waals surface area contributed by atoms with Crippen LogP contribution in [0, 0.1) is 33.1 Å². The Morgan fingerprint density at radius 1 is 0.644 bits per heavy atom. The molecule has 2 N–H and O–H groups in total. The first-order chi connectivity index (χ1) is 21.4. The molecule has 0 fully saturated rings. The number of nitrogens with one attached hydrogen (secondary N) is 1. The first-order valence-electron chi connectivity index (χ1n) is 14.9. The highest BCUT2D eigenvalue weighted by Crippen LogP contribution is 2.47. The van der Waals surface area contributed by atoms with E-state index in [1.807, 2.05) is 38.2 Å². The molecule has 45 heavy (non-hydrogen) atoms. The highest BCUT2D eigenvalue weighted by Gasteiger charge is 2.41. The Hall–Kier alpha value is -4.07. The predicted octanol–water partition coefficient (Wildman–Crippen LogP) is 9.70. The second-order valence-electron chi connectivity index (χ2n) is 12.5. The van der Waals surface area contributed by atoms with Gasteiger partial charge in [-0.15, -0.1) is 0 Å². The van der Waals surface area contributed by atoms with Crippen molar-refractivity contribution in [3.63, 3.8) is 0 Å². The van der Waals surface area contributed by atoms with Crippen molar-refractivity contribution in [3.05, 3.63) is 149 Å². The van der Waals surface area contributed by atoms with Crippen LogP contribution in [-0.2, 0) is 0 Å². The molecule has 224 valence electrons. The number of allylic oxidation sites excluding steroid dienone is 10. The van der Waals surface area contributed by atoms with E-state index in [0.29, 0.717) is 15.9 Å². The van der Waals surface area contributed by atoms with Crippen LogP contribution < -0.4 is 5.32 Å². The quantitative estimate of drug-likeness (QED) is 0.325. The number of nitrogens with zero attached hydrogens (tertiary/aromatic N) is 3. The Labute approximate surface area is 280 Å². The molecule has 5 heterocycles. The Morgan fingerprint density at radius 2 is 1.18 bits per heavy atom. The van der Waals surface area contributed by atoms with E-state index in [0.717, 1.165) is 61.0 Å². The molecule has 0 aliphatic carbocycles. The molecule has 5 nitrogen and oxygen atoms in total. The Bertz CT molecular complexity index is 2060. The van der Waals surface area contributed by atoms with Crippen LogP contribution in [0.4, 0.5) is 0 Å². The number of halogens is 2. The van der Waals surface area contributed by atoms with E-state index in [1.165, 1.54) is 22.3 Å². The van der Waals surface area contributed by atoms with Crippen molar-refractivity contribution < 1.29 is 5.11 Å². The first-order valence-corrected chi connectivity index (χ1v) is 16.5. The summed E-state index contributed by atoms with van der Waals surface area (Å²) in [7, 11) is 0. The highest BCUT2D eigenvalue weighted by molar-refractivity contribution is 9.12. The van der Waals surface area contributed by atoms with Crippen LogP contribution in [0.1, 0.15) is 47.2 Å². The number of aliphatic hydroxyl groups is 1. The molecule has 2 aromatic rings. The lowest BCUT2D eigenvalue weighted by Gasteiger charge is -2.21. The van der Waals surface area contributed by atoms with Crippen LogP contribution in [0.2, 0.25) is 0 Å².